The van der Waals surface area contributed by atoms with Crippen molar-refractivity contribution in [2.45, 2.75) is 18.9 Å². The lowest BCUT2D eigenvalue weighted by Crippen LogP contribution is -2.28. The van der Waals surface area contributed by atoms with E-state index in [0.29, 0.717) is 34.0 Å². The fourth-order valence-electron chi connectivity index (χ4n) is 2.02. The van der Waals surface area contributed by atoms with E-state index in [2.05, 4.69) is 10.1 Å². The Morgan fingerprint density at radius 1 is 1.42 bits per heavy atom. The van der Waals surface area contributed by atoms with Crippen LogP contribution in [0.5, 0.6) is 5.75 Å². The van der Waals surface area contributed by atoms with Crippen molar-refractivity contribution in [1.82, 2.24) is 5.32 Å². The van der Waals surface area contributed by atoms with E-state index in [0.717, 1.165) is 19.4 Å². The lowest BCUT2D eigenvalue weighted by molar-refractivity contribution is 0.0600. The zero-order chi connectivity index (χ0) is 13.8. The van der Waals surface area contributed by atoms with Crippen molar-refractivity contribution in [1.29, 1.82) is 0 Å². The summed E-state index contributed by atoms with van der Waals surface area (Å²) < 4.78 is 10.3. The van der Waals surface area contributed by atoms with Gasteiger partial charge in [-0.25, -0.2) is 4.79 Å². The maximum absolute atomic E-state index is 11.4. The van der Waals surface area contributed by atoms with Crippen molar-refractivity contribution >= 4 is 29.2 Å². The Balaban J connectivity index is 2.09. The summed E-state index contributed by atoms with van der Waals surface area (Å²) in [5.74, 6) is -0.0718. The molecular formula is C13H15Cl2NO3. The van der Waals surface area contributed by atoms with E-state index in [1.807, 2.05) is 0 Å². The first-order valence-electron chi connectivity index (χ1n) is 6.05. The van der Waals surface area contributed by atoms with Crippen molar-refractivity contribution in [2.75, 3.05) is 20.3 Å². The Morgan fingerprint density at radius 3 is 2.63 bits per heavy atom. The molecule has 1 N–H and O–H groups in total. The predicted octanol–water partition coefficient (Wildman–Crippen LogP) is 2.91. The molecule has 1 heterocycles. The van der Waals surface area contributed by atoms with Gasteiger partial charge in [-0.1, -0.05) is 23.2 Å². The highest BCUT2D eigenvalue weighted by Gasteiger charge is 2.18. The van der Waals surface area contributed by atoms with Crippen LogP contribution < -0.4 is 10.1 Å². The summed E-state index contributed by atoms with van der Waals surface area (Å²) in [4.78, 5) is 11.4. The first-order chi connectivity index (χ1) is 9.11. The van der Waals surface area contributed by atoms with Gasteiger partial charge in [-0.2, -0.15) is 0 Å². The number of hydrogen-bond acceptors (Lipinski definition) is 4. The molecule has 0 aromatic heterocycles. The summed E-state index contributed by atoms with van der Waals surface area (Å²) in [5.41, 5.74) is 0.309. The van der Waals surface area contributed by atoms with Gasteiger partial charge in [0.2, 0.25) is 0 Å². The molecule has 0 spiro atoms. The maximum Gasteiger partial charge on any atom is 0.337 e. The van der Waals surface area contributed by atoms with E-state index in [1.54, 1.807) is 0 Å². The molecule has 1 atom stereocenters. The van der Waals surface area contributed by atoms with Gasteiger partial charge in [0.05, 0.1) is 22.7 Å². The molecule has 104 valence electrons. The van der Waals surface area contributed by atoms with Crippen LogP contribution in [-0.4, -0.2) is 32.3 Å². The number of nitrogens with one attached hydrogen (secondary N) is 1. The summed E-state index contributed by atoms with van der Waals surface area (Å²) in [6.45, 7) is 1.52. The van der Waals surface area contributed by atoms with Crippen LogP contribution in [0.25, 0.3) is 0 Å². The molecule has 6 heteroatoms. The van der Waals surface area contributed by atoms with Crippen LogP contribution >= 0.6 is 23.2 Å². The maximum atomic E-state index is 11.4. The van der Waals surface area contributed by atoms with Crippen LogP contribution in [0.1, 0.15) is 23.2 Å². The predicted molar refractivity (Wildman–Crippen MR) is 74.3 cm³/mol. The van der Waals surface area contributed by atoms with Crippen molar-refractivity contribution in [3.8, 4) is 5.75 Å². The fourth-order valence-corrected chi connectivity index (χ4v) is 2.61. The van der Waals surface area contributed by atoms with Gasteiger partial charge in [0.15, 0.2) is 5.75 Å². The number of ether oxygens (including phenoxy) is 2. The number of rotatable bonds is 4. The topological polar surface area (TPSA) is 47.6 Å². The van der Waals surface area contributed by atoms with Crippen LogP contribution in [0.15, 0.2) is 12.1 Å². The van der Waals surface area contributed by atoms with Crippen LogP contribution in [0.2, 0.25) is 10.0 Å². The van der Waals surface area contributed by atoms with Gasteiger partial charge >= 0.3 is 5.97 Å². The fraction of sp³-hybridized carbons (Fsp3) is 0.462. The second kappa shape index (κ2) is 6.46. The third-order valence-electron chi connectivity index (χ3n) is 3.01. The van der Waals surface area contributed by atoms with Gasteiger partial charge < -0.3 is 14.8 Å². The van der Waals surface area contributed by atoms with Crippen LogP contribution in [0.3, 0.4) is 0 Å². The van der Waals surface area contributed by atoms with Gasteiger partial charge in [0, 0.05) is 6.04 Å². The molecule has 0 bridgehead atoms. The molecule has 0 saturated carbocycles. The molecule has 0 amide bonds. The van der Waals surface area contributed by atoms with E-state index in [-0.39, 0.29) is 0 Å². The van der Waals surface area contributed by atoms with Crippen molar-refractivity contribution in [2.24, 2.45) is 0 Å². The molecule has 1 aromatic rings. The molecule has 1 aliphatic rings. The molecule has 4 nitrogen and oxygen atoms in total. The molecule has 2 rings (SSSR count). The van der Waals surface area contributed by atoms with Crippen LogP contribution in [-0.2, 0) is 4.74 Å². The average Bonchev–Trinajstić information content (AvgIpc) is 2.89. The van der Waals surface area contributed by atoms with Gasteiger partial charge in [-0.05, 0) is 31.5 Å². The minimum Gasteiger partial charge on any atom is -0.489 e. The summed E-state index contributed by atoms with van der Waals surface area (Å²) in [5, 5.41) is 3.94. The summed E-state index contributed by atoms with van der Waals surface area (Å²) in [6, 6.07) is 3.32. The molecule has 1 aromatic carbocycles. The van der Waals surface area contributed by atoms with Crippen LogP contribution in [0, 0.1) is 0 Å². The highest BCUT2D eigenvalue weighted by atomic mass is 35.5. The van der Waals surface area contributed by atoms with Crippen molar-refractivity contribution in [3.63, 3.8) is 0 Å². The van der Waals surface area contributed by atoms with E-state index in [9.17, 15) is 4.79 Å². The molecular weight excluding hydrogens is 289 g/mol. The number of benzene rings is 1. The van der Waals surface area contributed by atoms with Crippen molar-refractivity contribution in [3.05, 3.63) is 27.7 Å². The number of methoxy groups -OCH3 is 1. The van der Waals surface area contributed by atoms with E-state index < -0.39 is 5.97 Å². The van der Waals surface area contributed by atoms with Crippen LogP contribution in [0.4, 0.5) is 0 Å². The quantitative estimate of drug-likeness (QED) is 0.869. The zero-order valence-electron chi connectivity index (χ0n) is 10.5. The Labute approximate surface area is 122 Å². The molecule has 1 fully saturated rings. The average molecular weight is 304 g/mol. The number of hydrogen-bond donors (Lipinski definition) is 1. The van der Waals surface area contributed by atoms with Crippen molar-refractivity contribution < 1.29 is 14.3 Å². The van der Waals surface area contributed by atoms with Gasteiger partial charge in [0.1, 0.15) is 6.61 Å². The van der Waals surface area contributed by atoms with Gasteiger partial charge in [-0.15, -0.1) is 0 Å². The summed E-state index contributed by atoms with van der Waals surface area (Å²) in [7, 11) is 1.31. The zero-order valence-corrected chi connectivity index (χ0v) is 12.1. The smallest absolute Gasteiger partial charge is 0.337 e. The summed E-state index contributed by atoms with van der Waals surface area (Å²) in [6.07, 6.45) is 2.23. The molecule has 1 saturated heterocycles. The normalized spacial score (nSPS) is 18.4. The second-order valence-electron chi connectivity index (χ2n) is 4.36. The molecule has 1 aliphatic heterocycles. The third kappa shape index (κ3) is 3.53. The molecule has 0 radical (unpaired) electrons. The number of carbonyl (C=O) groups excluding carboxylic acids is 1. The Bertz CT molecular complexity index is 450. The highest BCUT2D eigenvalue weighted by Crippen LogP contribution is 2.34. The first-order valence-corrected chi connectivity index (χ1v) is 6.81. The summed E-state index contributed by atoms with van der Waals surface area (Å²) >= 11 is 12.2. The Hall–Kier alpha value is -0.970. The lowest BCUT2D eigenvalue weighted by atomic mass is 10.2. The monoisotopic (exact) mass is 303 g/mol. The SMILES string of the molecule is COC(=O)c1cc(Cl)c(OCC2CCCN2)c(Cl)c1. The first kappa shape index (κ1) is 14.4. The minimum absolute atomic E-state index is 0.309. The van der Waals surface area contributed by atoms with Gasteiger partial charge in [0.25, 0.3) is 0 Å². The molecule has 1 unspecified atom stereocenters. The van der Waals surface area contributed by atoms with E-state index in [1.165, 1.54) is 19.2 Å². The third-order valence-corrected chi connectivity index (χ3v) is 3.57. The molecule has 19 heavy (non-hydrogen) atoms. The lowest BCUT2D eigenvalue weighted by Gasteiger charge is -2.15. The van der Waals surface area contributed by atoms with E-state index in [4.69, 9.17) is 27.9 Å². The standard InChI is InChI=1S/C13H15Cl2NO3/c1-18-13(17)8-5-10(14)12(11(15)6-8)19-7-9-3-2-4-16-9/h5-6,9,16H,2-4,7H2,1H3. The number of halogens is 2. The Kier molecular flexibility index (Phi) is 4.91. The van der Waals surface area contributed by atoms with Gasteiger partial charge in [-0.3, -0.25) is 0 Å². The largest absolute Gasteiger partial charge is 0.489 e. The number of carbonyl (C=O) groups is 1. The van der Waals surface area contributed by atoms with E-state index >= 15 is 0 Å². The molecule has 0 aliphatic carbocycles. The number of esters is 1. The minimum atomic E-state index is -0.479. The Morgan fingerprint density at radius 2 is 2.11 bits per heavy atom. The second-order valence-corrected chi connectivity index (χ2v) is 5.18. The highest BCUT2D eigenvalue weighted by molar-refractivity contribution is 6.37.